The lowest BCUT2D eigenvalue weighted by atomic mass is 10.2. The second-order valence-electron chi connectivity index (χ2n) is 3.92. The van der Waals surface area contributed by atoms with Crippen LogP contribution >= 0.6 is 0 Å². The SMILES string of the molecule is O=C(O)C1CN(c2ccc([N+](=O)[O-])cn2)CCN1. The maximum Gasteiger partial charge on any atom is 0.322 e. The highest BCUT2D eigenvalue weighted by atomic mass is 16.6. The summed E-state index contributed by atoms with van der Waals surface area (Å²) >= 11 is 0. The molecular formula is C10H12N4O4. The molecule has 0 spiro atoms. The molecule has 2 heterocycles. The van der Waals surface area contributed by atoms with Crippen molar-refractivity contribution in [2.75, 3.05) is 24.5 Å². The van der Waals surface area contributed by atoms with Crippen LogP contribution in [0.25, 0.3) is 0 Å². The maximum atomic E-state index is 10.9. The molecule has 0 saturated carbocycles. The van der Waals surface area contributed by atoms with Gasteiger partial charge in [-0.05, 0) is 6.07 Å². The van der Waals surface area contributed by atoms with Crippen molar-refractivity contribution in [2.24, 2.45) is 0 Å². The second-order valence-corrected chi connectivity index (χ2v) is 3.92. The first-order valence-corrected chi connectivity index (χ1v) is 5.39. The third-order valence-corrected chi connectivity index (χ3v) is 2.74. The number of anilines is 1. The average molecular weight is 252 g/mol. The van der Waals surface area contributed by atoms with Gasteiger partial charge in [-0.1, -0.05) is 0 Å². The standard InChI is InChI=1S/C10H12N4O4/c15-10(16)8-6-13(4-3-11-8)9-2-1-7(5-12-9)14(17)18/h1-2,5,8,11H,3-4,6H2,(H,15,16). The van der Waals surface area contributed by atoms with Gasteiger partial charge in [-0.15, -0.1) is 0 Å². The quantitative estimate of drug-likeness (QED) is 0.568. The van der Waals surface area contributed by atoms with E-state index >= 15 is 0 Å². The minimum absolute atomic E-state index is 0.0799. The first-order chi connectivity index (χ1) is 8.58. The number of rotatable bonds is 3. The molecule has 0 bridgehead atoms. The van der Waals surface area contributed by atoms with Crippen LogP contribution in [0.5, 0.6) is 0 Å². The zero-order valence-corrected chi connectivity index (χ0v) is 9.44. The molecule has 8 heteroatoms. The molecule has 0 aromatic carbocycles. The smallest absolute Gasteiger partial charge is 0.322 e. The molecule has 1 aliphatic rings. The van der Waals surface area contributed by atoms with Crippen LogP contribution in [0.4, 0.5) is 11.5 Å². The van der Waals surface area contributed by atoms with Gasteiger partial charge in [-0.2, -0.15) is 0 Å². The van der Waals surface area contributed by atoms with Gasteiger partial charge < -0.3 is 15.3 Å². The van der Waals surface area contributed by atoms with E-state index in [0.717, 1.165) is 0 Å². The van der Waals surface area contributed by atoms with E-state index in [1.54, 1.807) is 4.90 Å². The molecule has 1 aromatic rings. The van der Waals surface area contributed by atoms with Crippen molar-refractivity contribution in [3.63, 3.8) is 0 Å². The molecule has 1 fully saturated rings. The van der Waals surface area contributed by atoms with E-state index in [1.165, 1.54) is 18.3 Å². The number of carboxylic acids is 1. The molecular weight excluding hydrogens is 240 g/mol. The molecule has 1 aliphatic heterocycles. The summed E-state index contributed by atoms with van der Waals surface area (Å²) < 4.78 is 0. The number of carbonyl (C=O) groups is 1. The Labute approximate surface area is 102 Å². The monoisotopic (exact) mass is 252 g/mol. The summed E-state index contributed by atoms with van der Waals surface area (Å²) in [6.07, 6.45) is 1.17. The Balaban J connectivity index is 2.11. The molecule has 0 amide bonds. The third-order valence-electron chi connectivity index (χ3n) is 2.74. The number of hydrogen-bond donors (Lipinski definition) is 2. The molecule has 1 saturated heterocycles. The van der Waals surface area contributed by atoms with Crippen LogP contribution in [0.2, 0.25) is 0 Å². The lowest BCUT2D eigenvalue weighted by molar-refractivity contribution is -0.385. The fourth-order valence-electron chi connectivity index (χ4n) is 1.80. The lowest BCUT2D eigenvalue weighted by Gasteiger charge is -2.32. The fourth-order valence-corrected chi connectivity index (χ4v) is 1.80. The van der Waals surface area contributed by atoms with Crippen LogP contribution in [0.3, 0.4) is 0 Å². The van der Waals surface area contributed by atoms with Crippen molar-refractivity contribution in [1.29, 1.82) is 0 Å². The highest BCUT2D eigenvalue weighted by Crippen LogP contribution is 2.16. The van der Waals surface area contributed by atoms with Crippen LogP contribution in [0.1, 0.15) is 0 Å². The molecule has 2 N–H and O–H groups in total. The first kappa shape index (κ1) is 12.2. The fraction of sp³-hybridized carbons (Fsp3) is 0.400. The van der Waals surface area contributed by atoms with Gasteiger partial charge in [-0.3, -0.25) is 14.9 Å². The average Bonchev–Trinajstić information content (AvgIpc) is 2.39. The second kappa shape index (κ2) is 4.96. The molecule has 1 unspecified atom stereocenters. The number of nitrogens with one attached hydrogen (secondary N) is 1. The molecule has 2 rings (SSSR count). The lowest BCUT2D eigenvalue weighted by Crippen LogP contribution is -2.54. The normalized spacial score (nSPS) is 19.6. The van der Waals surface area contributed by atoms with E-state index in [1.807, 2.05) is 0 Å². The molecule has 96 valence electrons. The Morgan fingerprint density at radius 2 is 2.39 bits per heavy atom. The summed E-state index contributed by atoms with van der Waals surface area (Å²) in [5.41, 5.74) is -0.0799. The number of nitrogens with zero attached hydrogens (tertiary/aromatic N) is 3. The summed E-state index contributed by atoms with van der Waals surface area (Å²) in [7, 11) is 0. The minimum atomic E-state index is -0.915. The van der Waals surface area contributed by atoms with Crippen molar-refractivity contribution < 1.29 is 14.8 Å². The number of aliphatic carboxylic acids is 1. The zero-order chi connectivity index (χ0) is 13.1. The number of aromatic nitrogens is 1. The van der Waals surface area contributed by atoms with Crippen molar-refractivity contribution in [1.82, 2.24) is 10.3 Å². The highest BCUT2D eigenvalue weighted by molar-refractivity contribution is 5.74. The number of hydrogen-bond acceptors (Lipinski definition) is 6. The summed E-state index contributed by atoms with van der Waals surface area (Å²) in [5, 5.41) is 22.3. The summed E-state index contributed by atoms with van der Waals surface area (Å²) in [6, 6.07) is 2.25. The summed E-state index contributed by atoms with van der Waals surface area (Å²) in [6.45, 7) is 1.45. The Bertz CT molecular complexity index is 461. The Morgan fingerprint density at radius 3 is 2.94 bits per heavy atom. The van der Waals surface area contributed by atoms with Crippen molar-refractivity contribution in [3.05, 3.63) is 28.4 Å². The van der Waals surface area contributed by atoms with Crippen LogP contribution in [-0.4, -0.2) is 46.7 Å². The largest absolute Gasteiger partial charge is 0.480 e. The van der Waals surface area contributed by atoms with Gasteiger partial charge in [0.1, 0.15) is 18.1 Å². The number of piperazine rings is 1. The van der Waals surface area contributed by atoms with Gasteiger partial charge in [-0.25, -0.2) is 4.98 Å². The van der Waals surface area contributed by atoms with E-state index in [-0.39, 0.29) is 5.69 Å². The van der Waals surface area contributed by atoms with Crippen LogP contribution in [-0.2, 0) is 4.79 Å². The molecule has 0 aliphatic carbocycles. The van der Waals surface area contributed by atoms with Crippen molar-refractivity contribution in [2.45, 2.75) is 6.04 Å². The van der Waals surface area contributed by atoms with Crippen LogP contribution in [0.15, 0.2) is 18.3 Å². The number of pyridine rings is 1. The summed E-state index contributed by atoms with van der Waals surface area (Å²) in [5.74, 6) is -0.366. The maximum absolute atomic E-state index is 10.9. The van der Waals surface area contributed by atoms with Crippen LogP contribution < -0.4 is 10.2 Å². The van der Waals surface area contributed by atoms with E-state index in [4.69, 9.17) is 5.11 Å². The van der Waals surface area contributed by atoms with E-state index < -0.39 is 16.9 Å². The minimum Gasteiger partial charge on any atom is -0.480 e. The summed E-state index contributed by atoms with van der Waals surface area (Å²) in [4.78, 5) is 26.6. The first-order valence-electron chi connectivity index (χ1n) is 5.39. The predicted octanol–water partition coefficient (Wildman–Crippen LogP) is -0.147. The van der Waals surface area contributed by atoms with Gasteiger partial charge in [0.25, 0.3) is 5.69 Å². The van der Waals surface area contributed by atoms with Gasteiger partial charge >= 0.3 is 5.97 Å². The van der Waals surface area contributed by atoms with E-state index in [2.05, 4.69) is 10.3 Å². The Morgan fingerprint density at radius 1 is 1.61 bits per heavy atom. The predicted molar refractivity (Wildman–Crippen MR) is 62.5 cm³/mol. The third kappa shape index (κ3) is 2.54. The van der Waals surface area contributed by atoms with Crippen LogP contribution in [0, 0.1) is 10.1 Å². The topological polar surface area (TPSA) is 109 Å². The van der Waals surface area contributed by atoms with Gasteiger partial charge in [0, 0.05) is 25.7 Å². The molecule has 18 heavy (non-hydrogen) atoms. The molecule has 1 aromatic heterocycles. The molecule has 0 radical (unpaired) electrons. The number of carboxylic acid groups (broad SMARTS) is 1. The Kier molecular flexibility index (Phi) is 3.38. The van der Waals surface area contributed by atoms with E-state index in [0.29, 0.717) is 25.5 Å². The van der Waals surface area contributed by atoms with E-state index in [9.17, 15) is 14.9 Å². The highest BCUT2D eigenvalue weighted by Gasteiger charge is 2.25. The van der Waals surface area contributed by atoms with Gasteiger partial charge in [0.2, 0.25) is 0 Å². The van der Waals surface area contributed by atoms with Gasteiger partial charge in [0.15, 0.2) is 0 Å². The Hall–Kier alpha value is -2.22. The van der Waals surface area contributed by atoms with Crippen molar-refractivity contribution >= 4 is 17.5 Å². The van der Waals surface area contributed by atoms with Gasteiger partial charge in [0.05, 0.1) is 4.92 Å². The molecule has 1 atom stereocenters. The zero-order valence-electron chi connectivity index (χ0n) is 9.44. The van der Waals surface area contributed by atoms with Crippen molar-refractivity contribution in [3.8, 4) is 0 Å². The number of nitro groups is 1. The molecule has 8 nitrogen and oxygen atoms in total.